The van der Waals surface area contributed by atoms with E-state index in [4.69, 9.17) is 4.74 Å². The molecule has 0 aliphatic rings. The average Bonchev–Trinajstić information content (AvgIpc) is 2.21. The summed E-state index contributed by atoms with van der Waals surface area (Å²) in [6, 6.07) is 0. The lowest BCUT2D eigenvalue weighted by Gasteiger charge is -2.07. The predicted molar refractivity (Wildman–Crippen MR) is 55.3 cm³/mol. The van der Waals surface area contributed by atoms with E-state index in [1.807, 2.05) is 6.92 Å². The number of nitrogens with zero attached hydrogens (tertiary/aromatic N) is 2. The van der Waals surface area contributed by atoms with Crippen LogP contribution in [0.2, 0.25) is 0 Å². The minimum atomic E-state index is 0.581. The van der Waals surface area contributed by atoms with Gasteiger partial charge in [0.15, 0.2) is 0 Å². The zero-order valence-electron chi connectivity index (χ0n) is 8.59. The normalized spacial score (nSPS) is 8.79. The first kappa shape index (κ1) is 10.3. The molecule has 4 nitrogen and oxygen atoms in total. The van der Waals surface area contributed by atoms with E-state index in [2.05, 4.69) is 27.1 Å². The molecule has 0 radical (unpaired) electrons. The molecular weight excluding hydrogens is 178 g/mol. The number of hydrogen-bond acceptors (Lipinski definition) is 4. The molecule has 4 heteroatoms. The summed E-state index contributed by atoms with van der Waals surface area (Å²) >= 11 is 0. The van der Waals surface area contributed by atoms with Crippen LogP contribution >= 0.6 is 0 Å². The van der Waals surface area contributed by atoms with E-state index in [0.29, 0.717) is 12.4 Å². The number of anilines is 1. The Morgan fingerprint density at radius 2 is 2.29 bits per heavy atom. The van der Waals surface area contributed by atoms with Crippen molar-refractivity contribution in [1.29, 1.82) is 0 Å². The fourth-order valence-corrected chi connectivity index (χ4v) is 1.03. The second kappa shape index (κ2) is 5.07. The molecule has 0 spiro atoms. The Bertz CT molecular complexity index is 365. The molecule has 0 aliphatic heterocycles. The fraction of sp³-hybridized carbons (Fsp3) is 0.400. The number of rotatable bonds is 3. The molecule has 0 bridgehead atoms. The van der Waals surface area contributed by atoms with Crippen molar-refractivity contribution in [1.82, 2.24) is 9.97 Å². The van der Waals surface area contributed by atoms with Crippen molar-refractivity contribution in [2.75, 3.05) is 19.0 Å². The third-order valence-electron chi connectivity index (χ3n) is 1.75. The molecule has 0 atom stereocenters. The predicted octanol–water partition coefficient (Wildman–Crippen LogP) is 1.23. The number of hydrogen-bond donors (Lipinski definition) is 1. The van der Waals surface area contributed by atoms with Gasteiger partial charge >= 0.3 is 0 Å². The maximum Gasteiger partial charge on any atom is 0.221 e. The molecule has 1 aromatic rings. The summed E-state index contributed by atoms with van der Waals surface area (Å²) in [6.45, 7) is 4.28. The van der Waals surface area contributed by atoms with Crippen LogP contribution in [0, 0.1) is 18.8 Å². The van der Waals surface area contributed by atoms with Crippen LogP contribution in [0.25, 0.3) is 0 Å². The van der Waals surface area contributed by atoms with Crippen molar-refractivity contribution in [3.63, 3.8) is 0 Å². The van der Waals surface area contributed by atoms with Crippen LogP contribution in [0.1, 0.15) is 12.5 Å². The second-order valence-corrected chi connectivity index (χ2v) is 2.64. The molecular formula is C10H13N3O. The molecule has 1 rings (SSSR count). The Kier molecular flexibility index (Phi) is 3.74. The first-order valence-corrected chi connectivity index (χ1v) is 4.28. The van der Waals surface area contributed by atoms with Crippen molar-refractivity contribution in [3.8, 4) is 17.7 Å². The Morgan fingerprint density at radius 3 is 2.93 bits per heavy atom. The van der Waals surface area contributed by atoms with Crippen molar-refractivity contribution < 1.29 is 4.74 Å². The van der Waals surface area contributed by atoms with Gasteiger partial charge in [-0.1, -0.05) is 5.92 Å². The maximum absolute atomic E-state index is 5.06. The van der Waals surface area contributed by atoms with E-state index in [1.165, 1.54) is 6.33 Å². The van der Waals surface area contributed by atoms with Gasteiger partial charge in [0.2, 0.25) is 5.88 Å². The van der Waals surface area contributed by atoms with Gasteiger partial charge < -0.3 is 10.1 Å². The molecule has 0 amide bonds. The summed E-state index contributed by atoms with van der Waals surface area (Å²) in [5.74, 6) is 7.05. The molecule has 0 saturated heterocycles. The van der Waals surface area contributed by atoms with E-state index in [1.54, 1.807) is 14.0 Å². The van der Waals surface area contributed by atoms with E-state index < -0.39 is 0 Å². The van der Waals surface area contributed by atoms with Gasteiger partial charge in [0.1, 0.15) is 12.1 Å². The van der Waals surface area contributed by atoms with Gasteiger partial charge in [-0.2, -0.15) is 0 Å². The summed E-state index contributed by atoms with van der Waals surface area (Å²) in [7, 11) is 1.59. The smallest absolute Gasteiger partial charge is 0.221 e. The zero-order valence-corrected chi connectivity index (χ0v) is 8.59. The first-order valence-electron chi connectivity index (χ1n) is 4.28. The molecule has 14 heavy (non-hydrogen) atoms. The van der Waals surface area contributed by atoms with Crippen LogP contribution in [-0.4, -0.2) is 23.6 Å². The third-order valence-corrected chi connectivity index (χ3v) is 1.75. The minimum Gasteiger partial charge on any atom is -0.481 e. The van der Waals surface area contributed by atoms with Crippen molar-refractivity contribution in [2.24, 2.45) is 0 Å². The first-order chi connectivity index (χ1) is 6.79. The average molecular weight is 191 g/mol. The highest BCUT2D eigenvalue weighted by atomic mass is 16.5. The minimum absolute atomic E-state index is 0.581. The second-order valence-electron chi connectivity index (χ2n) is 2.64. The molecule has 0 aromatic carbocycles. The fourth-order valence-electron chi connectivity index (χ4n) is 1.03. The van der Waals surface area contributed by atoms with Crippen molar-refractivity contribution in [3.05, 3.63) is 11.9 Å². The lowest BCUT2D eigenvalue weighted by molar-refractivity contribution is 0.394. The number of aromatic nitrogens is 2. The largest absolute Gasteiger partial charge is 0.481 e. The highest BCUT2D eigenvalue weighted by Gasteiger charge is 2.05. The molecule has 1 aromatic heterocycles. The summed E-state index contributed by atoms with van der Waals surface area (Å²) in [5, 5.41) is 3.08. The molecule has 74 valence electrons. The number of methoxy groups -OCH3 is 1. The molecule has 0 aliphatic carbocycles. The lowest BCUT2D eigenvalue weighted by Crippen LogP contribution is -2.05. The van der Waals surface area contributed by atoms with Crippen LogP contribution in [-0.2, 0) is 0 Å². The monoisotopic (exact) mass is 191 g/mol. The van der Waals surface area contributed by atoms with Crippen LogP contribution in [0.3, 0.4) is 0 Å². The van der Waals surface area contributed by atoms with Gasteiger partial charge in [0.05, 0.1) is 19.2 Å². The molecule has 0 saturated carbocycles. The maximum atomic E-state index is 5.06. The Hall–Kier alpha value is -1.76. The van der Waals surface area contributed by atoms with Gasteiger partial charge in [-0.3, -0.25) is 0 Å². The molecule has 0 fully saturated rings. The summed E-state index contributed by atoms with van der Waals surface area (Å²) in [5.41, 5.74) is 0.896. The van der Waals surface area contributed by atoms with Crippen molar-refractivity contribution in [2.45, 2.75) is 13.8 Å². The summed E-state index contributed by atoms with van der Waals surface area (Å²) < 4.78 is 5.06. The van der Waals surface area contributed by atoms with Crippen LogP contribution in [0.4, 0.5) is 5.82 Å². The number of ether oxygens (including phenoxy) is 1. The van der Waals surface area contributed by atoms with Crippen molar-refractivity contribution >= 4 is 5.82 Å². The van der Waals surface area contributed by atoms with Crippen LogP contribution in [0.5, 0.6) is 5.88 Å². The Morgan fingerprint density at radius 1 is 1.50 bits per heavy atom. The number of nitrogens with one attached hydrogen (secondary N) is 1. The lowest BCUT2D eigenvalue weighted by atomic mass is 10.3. The van der Waals surface area contributed by atoms with E-state index in [0.717, 1.165) is 11.4 Å². The van der Waals surface area contributed by atoms with Crippen LogP contribution < -0.4 is 10.1 Å². The summed E-state index contributed by atoms with van der Waals surface area (Å²) in [6.07, 6.45) is 1.47. The summed E-state index contributed by atoms with van der Waals surface area (Å²) in [4.78, 5) is 8.06. The van der Waals surface area contributed by atoms with E-state index >= 15 is 0 Å². The standard InChI is InChI=1S/C10H13N3O/c1-4-5-6-11-9-8(2)10(14-3)13-7-12-9/h7H,6H2,1-3H3,(H,11,12,13). The van der Waals surface area contributed by atoms with Gasteiger partial charge in [0, 0.05) is 0 Å². The SMILES string of the molecule is CC#CCNc1ncnc(OC)c1C. The molecule has 1 N–H and O–H groups in total. The van der Waals surface area contributed by atoms with Gasteiger partial charge in [0.25, 0.3) is 0 Å². The van der Waals surface area contributed by atoms with Crippen LogP contribution in [0.15, 0.2) is 6.33 Å². The van der Waals surface area contributed by atoms with E-state index in [-0.39, 0.29) is 0 Å². The third kappa shape index (κ3) is 2.36. The Balaban J connectivity index is 2.79. The quantitative estimate of drug-likeness (QED) is 0.730. The van der Waals surface area contributed by atoms with Gasteiger partial charge in [-0.25, -0.2) is 9.97 Å². The molecule has 1 heterocycles. The highest BCUT2D eigenvalue weighted by Crippen LogP contribution is 2.18. The van der Waals surface area contributed by atoms with Gasteiger partial charge in [-0.15, -0.1) is 5.92 Å². The Labute approximate surface area is 83.7 Å². The topological polar surface area (TPSA) is 47.0 Å². The highest BCUT2D eigenvalue weighted by molar-refractivity contribution is 5.48. The zero-order chi connectivity index (χ0) is 10.4. The molecule has 0 unspecified atom stereocenters. The van der Waals surface area contributed by atoms with E-state index in [9.17, 15) is 0 Å². The van der Waals surface area contributed by atoms with Gasteiger partial charge in [-0.05, 0) is 13.8 Å².